The van der Waals surface area contributed by atoms with E-state index in [-0.39, 0.29) is 12.0 Å². The molecule has 6 heteroatoms. The molecule has 0 aromatic heterocycles. The maximum absolute atomic E-state index is 12.4. The average Bonchev–Trinajstić information content (AvgIpc) is 2.84. The van der Waals surface area contributed by atoms with Crippen LogP contribution < -0.4 is 4.74 Å². The van der Waals surface area contributed by atoms with E-state index in [0.717, 1.165) is 12.2 Å². The van der Waals surface area contributed by atoms with Crippen molar-refractivity contribution in [2.24, 2.45) is 0 Å². The Morgan fingerprint density at radius 1 is 1.00 bits per heavy atom. The number of rotatable bonds is 5. The third kappa shape index (κ3) is 6.94. The van der Waals surface area contributed by atoms with E-state index in [1.54, 1.807) is 4.90 Å². The molecule has 0 atom stereocenters. The zero-order valence-electron chi connectivity index (χ0n) is 16.1. The van der Waals surface area contributed by atoms with Crippen LogP contribution in [0.4, 0.5) is 4.79 Å². The Morgan fingerprint density at radius 3 is 2.35 bits per heavy atom. The largest absolute Gasteiger partial charge is 0.494 e. The van der Waals surface area contributed by atoms with Gasteiger partial charge in [-0.1, -0.05) is 18.2 Å². The van der Waals surface area contributed by atoms with E-state index in [9.17, 15) is 9.59 Å². The lowest BCUT2D eigenvalue weighted by Gasteiger charge is -2.26. The van der Waals surface area contributed by atoms with Gasteiger partial charge in [0, 0.05) is 32.6 Å². The van der Waals surface area contributed by atoms with Gasteiger partial charge < -0.3 is 19.3 Å². The van der Waals surface area contributed by atoms with Gasteiger partial charge >= 0.3 is 6.09 Å². The van der Waals surface area contributed by atoms with Gasteiger partial charge in [0.05, 0.1) is 6.61 Å². The molecular formula is C20H30N2O4. The minimum atomic E-state index is -0.502. The number of para-hydroxylation sites is 1. The summed E-state index contributed by atoms with van der Waals surface area (Å²) in [5.41, 5.74) is -0.502. The highest BCUT2D eigenvalue weighted by Crippen LogP contribution is 2.13. The van der Waals surface area contributed by atoms with Crippen LogP contribution in [-0.2, 0) is 9.53 Å². The van der Waals surface area contributed by atoms with Crippen LogP contribution in [0.15, 0.2) is 30.3 Å². The standard InChI is InChI=1S/C20H30N2O4/c1-20(2,3)26-19(24)22-13-8-12-21(14-15-22)18(23)11-7-16-25-17-9-5-4-6-10-17/h4-6,9-10H,7-8,11-16H2,1-3H3. The number of nitrogens with zero attached hydrogens (tertiary/aromatic N) is 2. The SMILES string of the molecule is CC(C)(C)OC(=O)N1CCCN(C(=O)CCCOc2ccccc2)CC1. The maximum atomic E-state index is 12.4. The van der Waals surface area contributed by atoms with E-state index in [1.807, 2.05) is 56.0 Å². The Kier molecular flexibility index (Phi) is 7.30. The highest BCUT2D eigenvalue weighted by atomic mass is 16.6. The van der Waals surface area contributed by atoms with Crippen molar-refractivity contribution in [2.45, 2.75) is 45.6 Å². The van der Waals surface area contributed by atoms with Crippen LogP contribution in [0.1, 0.15) is 40.0 Å². The Hall–Kier alpha value is -2.24. The molecule has 0 spiro atoms. The number of amides is 2. The number of benzene rings is 1. The van der Waals surface area contributed by atoms with Gasteiger partial charge in [0.1, 0.15) is 11.4 Å². The first-order valence-electron chi connectivity index (χ1n) is 9.29. The molecule has 2 amide bonds. The topological polar surface area (TPSA) is 59.1 Å². The lowest BCUT2D eigenvalue weighted by atomic mass is 10.2. The predicted octanol–water partition coefficient (Wildman–Crippen LogP) is 3.32. The highest BCUT2D eigenvalue weighted by molar-refractivity contribution is 5.76. The van der Waals surface area contributed by atoms with Gasteiger partial charge in [0.15, 0.2) is 0 Å². The molecule has 1 aliphatic heterocycles. The van der Waals surface area contributed by atoms with Crippen molar-refractivity contribution < 1.29 is 19.1 Å². The van der Waals surface area contributed by atoms with Crippen LogP contribution >= 0.6 is 0 Å². The average molecular weight is 362 g/mol. The van der Waals surface area contributed by atoms with E-state index in [1.165, 1.54) is 0 Å². The highest BCUT2D eigenvalue weighted by Gasteiger charge is 2.25. The second-order valence-electron chi connectivity index (χ2n) is 7.47. The first kappa shape index (κ1) is 20.1. The maximum Gasteiger partial charge on any atom is 0.410 e. The third-order valence-electron chi connectivity index (χ3n) is 4.05. The summed E-state index contributed by atoms with van der Waals surface area (Å²) in [5, 5.41) is 0. The fourth-order valence-electron chi connectivity index (χ4n) is 2.76. The summed E-state index contributed by atoms with van der Waals surface area (Å²) in [6.45, 7) is 8.46. The molecule has 0 N–H and O–H groups in total. The van der Waals surface area contributed by atoms with Crippen LogP contribution in [0.3, 0.4) is 0 Å². The second-order valence-corrected chi connectivity index (χ2v) is 7.47. The van der Waals surface area contributed by atoms with Gasteiger partial charge in [-0.3, -0.25) is 4.79 Å². The summed E-state index contributed by atoms with van der Waals surface area (Å²) in [6, 6.07) is 9.60. The summed E-state index contributed by atoms with van der Waals surface area (Å²) in [7, 11) is 0. The molecule has 1 saturated heterocycles. The summed E-state index contributed by atoms with van der Waals surface area (Å²) < 4.78 is 11.0. The molecule has 1 aliphatic rings. The number of carbonyl (C=O) groups excluding carboxylic acids is 2. The predicted molar refractivity (Wildman–Crippen MR) is 100 cm³/mol. The number of carbonyl (C=O) groups is 2. The Balaban J connectivity index is 1.70. The monoisotopic (exact) mass is 362 g/mol. The molecule has 1 heterocycles. The smallest absolute Gasteiger partial charge is 0.410 e. The van der Waals surface area contributed by atoms with Crippen molar-refractivity contribution >= 4 is 12.0 Å². The number of hydrogen-bond acceptors (Lipinski definition) is 4. The van der Waals surface area contributed by atoms with Crippen LogP contribution in [0.5, 0.6) is 5.75 Å². The van der Waals surface area contributed by atoms with Crippen LogP contribution in [0.2, 0.25) is 0 Å². The van der Waals surface area contributed by atoms with E-state index < -0.39 is 5.60 Å². The van der Waals surface area contributed by atoms with Crippen LogP contribution in [0, 0.1) is 0 Å². The van der Waals surface area contributed by atoms with E-state index in [4.69, 9.17) is 9.47 Å². The van der Waals surface area contributed by atoms with Gasteiger partial charge in [0.2, 0.25) is 5.91 Å². The first-order valence-corrected chi connectivity index (χ1v) is 9.29. The van der Waals surface area contributed by atoms with Crippen molar-refractivity contribution in [3.8, 4) is 5.75 Å². The zero-order chi connectivity index (χ0) is 19.0. The number of hydrogen-bond donors (Lipinski definition) is 0. The molecule has 0 saturated carbocycles. The van der Waals surface area contributed by atoms with Crippen LogP contribution in [-0.4, -0.2) is 60.2 Å². The molecule has 2 rings (SSSR count). The lowest BCUT2D eigenvalue weighted by Crippen LogP contribution is -2.40. The van der Waals surface area contributed by atoms with Crippen LogP contribution in [0.25, 0.3) is 0 Å². The molecule has 144 valence electrons. The summed E-state index contributed by atoms with van der Waals surface area (Å²) in [6.07, 6.45) is 1.60. The fourth-order valence-corrected chi connectivity index (χ4v) is 2.76. The van der Waals surface area contributed by atoms with Gasteiger partial charge in [0.25, 0.3) is 0 Å². The number of ether oxygens (including phenoxy) is 2. The summed E-state index contributed by atoms with van der Waals surface area (Å²) >= 11 is 0. The molecule has 6 nitrogen and oxygen atoms in total. The zero-order valence-corrected chi connectivity index (χ0v) is 16.1. The summed E-state index contributed by atoms with van der Waals surface area (Å²) in [5.74, 6) is 0.940. The lowest BCUT2D eigenvalue weighted by molar-refractivity contribution is -0.131. The minimum Gasteiger partial charge on any atom is -0.494 e. The molecule has 1 aromatic carbocycles. The van der Waals surface area contributed by atoms with Crippen molar-refractivity contribution in [3.05, 3.63) is 30.3 Å². The molecule has 0 aliphatic carbocycles. The Morgan fingerprint density at radius 2 is 1.65 bits per heavy atom. The Labute approximate surface area is 156 Å². The molecule has 0 unspecified atom stereocenters. The van der Waals surface area contributed by atoms with Gasteiger partial charge in [-0.05, 0) is 45.7 Å². The third-order valence-corrected chi connectivity index (χ3v) is 4.05. The Bertz CT molecular complexity index is 583. The molecule has 1 fully saturated rings. The summed E-state index contributed by atoms with van der Waals surface area (Å²) in [4.78, 5) is 28.1. The molecular weight excluding hydrogens is 332 g/mol. The van der Waals surface area contributed by atoms with E-state index in [0.29, 0.717) is 45.6 Å². The van der Waals surface area contributed by atoms with Gasteiger partial charge in [-0.15, -0.1) is 0 Å². The normalized spacial score (nSPS) is 15.3. The first-order chi connectivity index (χ1) is 12.3. The van der Waals surface area contributed by atoms with Crippen molar-refractivity contribution in [1.82, 2.24) is 9.80 Å². The van der Waals surface area contributed by atoms with Crippen molar-refractivity contribution in [3.63, 3.8) is 0 Å². The van der Waals surface area contributed by atoms with Gasteiger partial charge in [-0.25, -0.2) is 4.79 Å². The van der Waals surface area contributed by atoms with E-state index in [2.05, 4.69) is 0 Å². The minimum absolute atomic E-state index is 0.118. The van der Waals surface area contributed by atoms with Crippen molar-refractivity contribution in [1.29, 1.82) is 0 Å². The molecule has 0 radical (unpaired) electrons. The molecule has 1 aromatic rings. The van der Waals surface area contributed by atoms with Gasteiger partial charge in [-0.2, -0.15) is 0 Å². The second kappa shape index (κ2) is 9.46. The molecule has 26 heavy (non-hydrogen) atoms. The van der Waals surface area contributed by atoms with Crippen molar-refractivity contribution in [2.75, 3.05) is 32.8 Å². The fraction of sp³-hybridized carbons (Fsp3) is 0.600. The quantitative estimate of drug-likeness (QED) is 0.754. The van der Waals surface area contributed by atoms with E-state index >= 15 is 0 Å². The molecule has 0 bridgehead atoms.